The quantitative estimate of drug-likeness (QED) is 0.129. The normalized spacial score (nSPS) is 13.9. The second-order valence-corrected chi connectivity index (χ2v) is 18.7. The van der Waals surface area contributed by atoms with E-state index < -0.39 is 54.5 Å². The Morgan fingerprint density at radius 1 is 0.833 bits per heavy atom. The Bertz CT molecular complexity index is 1450. The van der Waals surface area contributed by atoms with Crippen molar-refractivity contribution in [3.63, 3.8) is 0 Å². The number of carbonyl (C=O) groups excluding carboxylic acids is 2. The van der Waals surface area contributed by atoms with Crippen LogP contribution in [0.5, 0.6) is 0 Å². The van der Waals surface area contributed by atoms with Crippen molar-refractivity contribution in [1.29, 1.82) is 0 Å². The summed E-state index contributed by atoms with van der Waals surface area (Å²) >= 11 is 0. The van der Waals surface area contributed by atoms with Crippen molar-refractivity contribution in [2.45, 2.75) is 59.5 Å². The molecule has 11 heteroatoms. The predicted molar refractivity (Wildman–Crippen MR) is 160 cm³/mol. The van der Waals surface area contributed by atoms with Gasteiger partial charge in [-0.25, -0.2) is 9.00 Å². The van der Waals surface area contributed by atoms with Gasteiger partial charge in [0.1, 0.15) is 6.61 Å². The SMILES string of the molecule is C=C(C)C(=O)OCCC(=O)OCC(F)(F)S(=O)(O)(O)S(c1ccccc1)(c1ccccc1)c1ccc(C(C)(C)C)cc1. The maximum Gasteiger partial charge on any atom is 0.383 e. The zero-order valence-electron chi connectivity index (χ0n) is 23.9. The summed E-state index contributed by atoms with van der Waals surface area (Å²) < 4.78 is 80.0. The molecule has 3 aromatic carbocycles. The van der Waals surface area contributed by atoms with Crippen molar-refractivity contribution < 1.29 is 41.2 Å². The van der Waals surface area contributed by atoms with Crippen LogP contribution in [0.3, 0.4) is 0 Å². The van der Waals surface area contributed by atoms with E-state index in [4.69, 9.17) is 4.74 Å². The molecule has 0 aromatic heterocycles. The summed E-state index contributed by atoms with van der Waals surface area (Å²) in [6.07, 6.45) is -0.595. The van der Waals surface area contributed by atoms with E-state index in [1.165, 1.54) is 67.6 Å². The second-order valence-electron chi connectivity index (χ2n) is 10.7. The molecule has 0 atom stereocenters. The van der Waals surface area contributed by atoms with E-state index in [1.54, 1.807) is 24.3 Å². The van der Waals surface area contributed by atoms with Crippen molar-refractivity contribution in [2.24, 2.45) is 0 Å². The molecule has 0 spiro atoms. The Hall–Kier alpha value is -3.38. The number of ether oxygens (including phenoxy) is 2. The van der Waals surface area contributed by atoms with E-state index in [0.717, 1.165) is 5.56 Å². The third-order valence-corrected chi connectivity index (χ3v) is 16.5. The highest BCUT2D eigenvalue weighted by Gasteiger charge is 2.69. The van der Waals surface area contributed by atoms with Crippen LogP contribution in [0.25, 0.3) is 0 Å². The van der Waals surface area contributed by atoms with Gasteiger partial charge in [-0.15, -0.1) is 0 Å². The summed E-state index contributed by atoms with van der Waals surface area (Å²) in [5, 5.41) is -4.84. The van der Waals surface area contributed by atoms with E-state index in [0.29, 0.717) is 0 Å². The summed E-state index contributed by atoms with van der Waals surface area (Å²) in [7, 11) is -11.2. The molecule has 0 aliphatic carbocycles. The molecule has 0 aliphatic rings. The van der Waals surface area contributed by atoms with E-state index in [1.807, 2.05) is 20.8 Å². The van der Waals surface area contributed by atoms with Gasteiger partial charge in [0.15, 0.2) is 15.3 Å². The summed E-state index contributed by atoms with van der Waals surface area (Å²) in [5.74, 6) is -2.00. The second kappa shape index (κ2) is 12.1. The van der Waals surface area contributed by atoms with Crippen LogP contribution in [0, 0.1) is 0 Å². The Morgan fingerprint density at radius 3 is 1.71 bits per heavy atom. The molecule has 3 rings (SSSR count). The molecule has 0 radical (unpaired) electrons. The number of hydrogen-bond donors (Lipinski definition) is 2. The van der Waals surface area contributed by atoms with Gasteiger partial charge in [-0.2, -0.15) is 8.78 Å². The summed E-state index contributed by atoms with van der Waals surface area (Å²) in [4.78, 5) is 23.8. The number of esters is 2. The van der Waals surface area contributed by atoms with Gasteiger partial charge < -0.3 is 9.47 Å². The van der Waals surface area contributed by atoms with Gasteiger partial charge in [-0.05, 0) is 54.3 Å². The van der Waals surface area contributed by atoms with Gasteiger partial charge >= 0.3 is 17.2 Å². The lowest BCUT2D eigenvalue weighted by Crippen LogP contribution is -2.55. The maximum atomic E-state index is 16.2. The maximum absolute atomic E-state index is 16.2. The number of benzene rings is 3. The fourth-order valence-electron chi connectivity index (χ4n) is 4.17. The lowest BCUT2D eigenvalue weighted by Gasteiger charge is -2.56. The largest absolute Gasteiger partial charge is 0.462 e. The van der Waals surface area contributed by atoms with Crippen LogP contribution in [0.2, 0.25) is 0 Å². The highest BCUT2D eigenvalue weighted by atomic mass is 33.2. The monoisotopic (exact) mass is 622 g/mol. The van der Waals surface area contributed by atoms with E-state index in [9.17, 15) is 22.9 Å². The minimum absolute atomic E-state index is 0.000539. The van der Waals surface area contributed by atoms with Crippen LogP contribution in [0.1, 0.15) is 39.7 Å². The number of rotatable bonds is 11. The van der Waals surface area contributed by atoms with Gasteiger partial charge in [-0.3, -0.25) is 13.9 Å². The van der Waals surface area contributed by atoms with Crippen molar-refractivity contribution in [2.75, 3.05) is 13.2 Å². The molecule has 42 heavy (non-hydrogen) atoms. The molecule has 0 aliphatic heterocycles. The molecule has 2 N–H and O–H groups in total. The third-order valence-electron chi connectivity index (χ3n) is 6.45. The minimum atomic E-state index is -7.18. The zero-order chi connectivity index (χ0) is 31.4. The van der Waals surface area contributed by atoms with Crippen LogP contribution < -0.4 is 0 Å². The topological polar surface area (TPSA) is 110 Å². The summed E-state index contributed by atoms with van der Waals surface area (Å²) in [5.41, 5.74) is 0.606. The molecular formula is C31H36F2O7S2. The standard InChI is InChI=1S/C31H36F2O7S2/c1-23(2)29(35)39-21-20-28(34)40-22-31(32,33)42(36,37,38)41(25-12-8-6-9-13-25,26-14-10-7-11-15-26)27-18-16-24(17-19-27)30(3,4)5/h6-19H,1,20-22H2,2-5H3,(H2,36,37,38). The Balaban J connectivity index is 2.18. The van der Waals surface area contributed by atoms with E-state index >= 15 is 8.78 Å². The van der Waals surface area contributed by atoms with Crippen molar-refractivity contribution in [3.8, 4) is 0 Å². The molecule has 0 saturated carbocycles. The molecule has 3 aromatic rings. The molecule has 0 fully saturated rings. The smallest absolute Gasteiger partial charge is 0.383 e. The van der Waals surface area contributed by atoms with Crippen LogP contribution in [-0.4, -0.2) is 43.7 Å². The molecule has 0 bridgehead atoms. The number of hydrogen-bond acceptors (Lipinski definition) is 5. The van der Waals surface area contributed by atoms with Crippen molar-refractivity contribution >= 4 is 29.7 Å². The van der Waals surface area contributed by atoms with Gasteiger partial charge in [0.05, 0.1) is 6.42 Å². The lowest BCUT2D eigenvalue weighted by molar-refractivity contribution is -0.152. The van der Waals surface area contributed by atoms with E-state index in [2.05, 4.69) is 11.3 Å². The van der Waals surface area contributed by atoms with Crippen LogP contribution in [-0.2, 0) is 33.1 Å². The highest BCUT2D eigenvalue weighted by Crippen LogP contribution is 2.82. The van der Waals surface area contributed by atoms with Crippen molar-refractivity contribution in [1.82, 2.24) is 0 Å². The first-order valence-electron chi connectivity index (χ1n) is 13.0. The first-order chi connectivity index (χ1) is 19.4. The fraction of sp³-hybridized carbons (Fsp3) is 0.290. The molecular weight excluding hydrogens is 586 g/mol. The predicted octanol–water partition coefficient (Wildman–Crippen LogP) is 7.59. The molecule has 0 heterocycles. The molecule has 0 unspecified atom stereocenters. The van der Waals surface area contributed by atoms with Gasteiger partial charge in [0.2, 0.25) is 0 Å². The molecule has 0 saturated heterocycles. The minimum Gasteiger partial charge on any atom is -0.462 e. The average molecular weight is 623 g/mol. The Morgan fingerprint density at radius 2 is 1.29 bits per heavy atom. The third kappa shape index (κ3) is 6.19. The van der Waals surface area contributed by atoms with Gasteiger partial charge in [0.25, 0.3) is 0 Å². The Kier molecular flexibility index (Phi) is 9.53. The van der Waals surface area contributed by atoms with Crippen LogP contribution >= 0.6 is 9.06 Å². The average Bonchev–Trinajstić information content (AvgIpc) is 2.92. The molecule has 228 valence electrons. The first-order valence-corrected chi connectivity index (χ1v) is 17.0. The lowest BCUT2D eigenvalue weighted by atomic mass is 9.87. The van der Waals surface area contributed by atoms with Crippen molar-refractivity contribution in [3.05, 3.63) is 103 Å². The fourth-order valence-corrected chi connectivity index (χ4v) is 13.6. The number of carbonyl (C=O) groups is 2. The van der Waals surface area contributed by atoms with Crippen LogP contribution in [0.4, 0.5) is 8.78 Å². The zero-order valence-corrected chi connectivity index (χ0v) is 25.6. The van der Waals surface area contributed by atoms with Gasteiger partial charge in [-0.1, -0.05) is 84.9 Å². The molecule has 0 amide bonds. The van der Waals surface area contributed by atoms with E-state index in [-0.39, 0.29) is 25.7 Å². The first kappa shape index (κ1) is 33.1. The van der Waals surface area contributed by atoms with Crippen LogP contribution in [0.15, 0.2) is 112 Å². The number of halogens is 2. The highest BCUT2D eigenvalue weighted by molar-refractivity contribution is 8.97. The summed E-state index contributed by atoms with van der Waals surface area (Å²) in [6.45, 7) is 8.30. The van der Waals surface area contributed by atoms with Gasteiger partial charge in [0, 0.05) is 20.3 Å². The summed E-state index contributed by atoms with van der Waals surface area (Å²) in [6, 6.07) is 21.3. The number of alkyl halides is 2. The molecule has 7 nitrogen and oxygen atoms in total. The Labute approximate surface area is 245 Å².